The van der Waals surface area contributed by atoms with Gasteiger partial charge in [0.15, 0.2) is 0 Å². The van der Waals surface area contributed by atoms with E-state index in [0.29, 0.717) is 27.5 Å². The lowest BCUT2D eigenvalue weighted by molar-refractivity contribution is -0.163. The maximum Gasteiger partial charge on any atom is 0.348 e. The smallest absolute Gasteiger partial charge is 0.348 e. The first-order valence-corrected chi connectivity index (χ1v) is 8.76. The van der Waals surface area contributed by atoms with Crippen LogP contribution in [0.15, 0.2) is 78.9 Å². The Kier molecular flexibility index (Phi) is 5.79. The SMILES string of the molecule is COc1ccc(Cl)cc1COC(=O)C(O)(c1ccccc1)c1ccccc1. The van der Waals surface area contributed by atoms with E-state index in [1.165, 1.54) is 7.11 Å². The molecule has 0 fully saturated rings. The summed E-state index contributed by atoms with van der Waals surface area (Å²) in [6.45, 7) is -0.0788. The Morgan fingerprint density at radius 1 is 0.963 bits per heavy atom. The standard InChI is InChI=1S/C22H19ClO4/c1-26-20-13-12-19(23)14-16(20)15-27-21(24)22(25,17-8-4-2-5-9-17)18-10-6-3-7-11-18/h2-14,25H,15H2,1H3. The molecule has 0 radical (unpaired) electrons. The number of hydrogen-bond acceptors (Lipinski definition) is 4. The molecule has 1 N–H and O–H groups in total. The van der Waals surface area contributed by atoms with Crippen LogP contribution in [-0.4, -0.2) is 18.2 Å². The van der Waals surface area contributed by atoms with Crippen molar-refractivity contribution in [3.8, 4) is 5.75 Å². The zero-order chi connectivity index (χ0) is 19.3. The summed E-state index contributed by atoms with van der Waals surface area (Å²) in [5.74, 6) is -0.225. The Morgan fingerprint density at radius 3 is 2.04 bits per heavy atom. The maximum atomic E-state index is 13.0. The number of benzene rings is 3. The third kappa shape index (κ3) is 3.97. The molecule has 0 heterocycles. The number of ether oxygens (including phenoxy) is 2. The number of carbonyl (C=O) groups is 1. The van der Waals surface area contributed by atoms with E-state index in [1.54, 1.807) is 66.7 Å². The Labute approximate surface area is 162 Å². The van der Waals surface area contributed by atoms with Crippen LogP contribution in [-0.2, 0) is 21.7 Å². The highest BCUT2D eigenvalue weighted by atomic mass is 35.5. The van der Waals surface area contributed by atoms with Crippen molar-refractivity contribution < 1.29 is 19.4 Å². The molecule has 3 aromatic carbocycles. The largest absolute Gasteiger partial charge is 0.496 e. The van der Waals surface area contributed by atoms with E-state index in [2.05, 4.69) is 0 Å². The second-order valence-electron chi connectivity index (χ2n) is 5.97. The molecular weight excluding hydrogens is 364 g/mol. The highest BCUT2D eigenvalue weighted by Gasteiger charge is 2.41. The summed E-state index contributed by atoms with van der Waals surface area (Å²) in [5, 5.41) is 11.9. The molecule has 0 unspecified atom stereocenters. The van der Waals surface area contributed by atoms with Crippen molar-refractivity contribution in [1.82, 2.24) is 0 Å². The van der Waals surface area contributed by atoms with Crippen LogP contribution in [0.5, 0.6) is 5.75 Å². The summed E-state index contributed by atoms with van der Waals surface area (Å²) < 4.78 is 10.7. The Hall–Kier alpha value is -2.82. The van der Waals surface area contributed by atoms with Gasteiger partial charge in [-0.25, -0.2) is 4.79 Å². The molecule has 27 heavy (non-hydrogen) atoms. The van der Waals surface area contributed by atoms with Crippen molar-refractivity contribution in [1.29, 1.82) is 0 Å². The molecule has 3 rings (SSSR count). The lowest BCUT2D eigenvalue weighted by atomic mass is 9.86. The van der Waals surface area contributed by atoms with Gasteiger partial charge in [0.2, 0.25) is 5.60 Å². The fourth-order valence-corrected chi connectivity index (χ4v) is 3.06. The van der Waals surface area contributed by atoms with Crippen molar-refractivity contribution >= 4 is 17.6 Å². The average molecular weight is 383 g/mol. The number of halogens is 1. The summed E-state index contributed by atoms with van der Waals surface area (Å²) in [4.78, 5) is 13.0. The van der Waals surface area contributed by atoms with E-state index in [9.17, 15) is 9.90 Å². The Morgan fingerprint density at radius 2 is 1.52 bits per heavy atom. The van der Waals surface area contributed by atoms with Gasteiger partial charge in [-0.15, -0.1) is 0 Å². The van der Waals surface area contributed by atoms with Crippen LogP contribution >= 0.6 is 11.6 Å². The second kappa shape index (κ2) is 8.25. The predicted molar refractivity (Wildman–Crippen MR) is 104 cm³/mol. The fraction of sp³-hybridized carbons (Fsp3) is 0.136. The van der Waals surface area contributed by atoms with E-state index >= 15 is 0 Å². The van der Waals surface area contributed by atoms with E-state index < -0.39 is 11.6 Å². The van der Waals surface area contributed by atoms with E-state index in [1.807, 2.05) is 12.1 Å². The van der Waals surface area contributed by atoms with Crippen LogP contribution in [0.4, 0.5) is 0 Å². The van der Waals surface area contributed by atoms with Crippen LogP contribution in [0.1, 0.15) is 16.7 Å². The lowest BCUT2D eigenvalue weighted by Gasteiger charge is -2.27. The van der Waals surface area contributed by atoms with E-state index in [0.717, 1.165) is 0 Å². The van der Waals surface area contributed by atoms with Crippen LogP contribution in [0.25, 0.3) is 0 Å². The summed E-state index contributed by atoms with van der Waals surface area (Å²) >= 11 is 6.03. The Bertz CT molecular complexity index is 871. The van der Waals surface area contributed by atoms with Gasteiger partial charge in [-0.2, -0.15) is 0 Å². The second-order valence-corrected chi connectivity index (χ2v) is 6.41. The summed E-state index contributed by atoms with van der Waals surface area (Å²) in [6.07, 6.45) is 0. The zero-order valence-electron chi connectivity index (χ0n) is 14.8. The quantitative estimate of drug-likeness (QED) is 0.645. The minimum Gasteiger partial charge on any atom is -0.496 e. The van der Waals surface area contributed by atoms with Crippen molar-refractivity contribution in [3.63, 3.8) is 0 Å². The third-order valence-corrected chi connectivity index (χ3v) is 4.51. The first-order valence-electron chi connectivity index (χ1n) is 8.38. The molecule has 0 aromatic heterocycles. The van der Waals surface area contributed by atoms with E-state index in [-0.39, 0.29) is 6.61 Å². The van der Waals surface area contributed by atoms with Gasteiger partial charge in [0.25, 0.3) is 0 Å². The summed E-state index contributed by atoms with van der Waals surface area (Å²) in [5.41, 5.74) is -0.450. The molecule has 138 valence electrons. The average Bonchev–Trinajstić information content (AvgIpc) is 2.72. The van der Waals surface area contributed by atoms with Crippen LogP contribution < -0.4 is 4.74 Å². The van der Waals surface area contributed by atoms with Gasteiger partial charge >= 0.3 is 5.97 Å². The van der Waals surface area contributed by atoms with Crippen molar-refractivity contribution in [2.75, 3.05) is 7.11 Å². The fourth-order valence-electron chi connectivity index (χ4n) is 2.87. The zero-order valence-corrected chi connectivity index (χ0v) is 15.5. The first kappa shape index (κ1) is 19.0. The molecule has 4 nitrogen and oxygen atoms in total. The minimum absolute atomic E-state index is 0.0788. The molecule has 0 amide bonds. The molecular formula is C22H19ClO4. The van der Waals surface area contributed by atoms with Gasteiger partial charge in [0.1, 0.15) is 12.4 Å². The third-order valence-electron chi connectivity index (χ3n) is 4.28. The van der Waals surface area contributed by atoms with Gasteiger partial charge in [-0.1, -0.05) is 72.3 Å². The number of rotatable bonds is 6. The number of esters is 1. The van der Waals surface area contributed by atoms with Crippen LogP contribution in [0, 0.1) is 0 Å². The number of aliphatic hydroxyl groups is 1. The molecule has 3 aromatic rings. The highest BCUT2D eigenvalue weighted by molar-refractivity contribution is 6.30. The van der Waals surface area contributed by atoms with Crippen molar-refractivity contribution in [2.24, 2.45) is 0 Å². The molecule has 0 aliphatic rings. The molecule has 0 saturated heterocycles. The molecule has 0 atom stereocenters. The molecule has 5 heteroatoms. The molecule has 0 bridgehead atoms. The van der Waals surface area contributed by atoms with Crippen LogP contribution in [0.3, 0.4) is 0 Å². The molecule has 0 aliphatic carbocycles. The molecule has 0 aliphatic heterocycles. The topological polar surface area (TPSA) is 55.8 Å². The summed E-state index contributed by atoms with van der Waals surface area (Å²) in [6, 6.07) is 22.5. The molecule has 0 spiro atoms. The number of carbonyl (C=O) groups excluding carboxylic acids is 1. The van der Waals surface area contributed by atoms with Gasteiger partial charge in [-0.3, -0.25) is 0 Å². The van der Waals surface area contributed by atoms with Crippen LogP contribution in [0.2, 0.25) is 5.02 Å². The van der Waals surface area contributed by atoms with Gasteiger partial charge in [0.05, 0.1) is 7.11 Å². The van der Waals surface area contributed by atoms with Crippen molar-refractivity contribution in [2.45, 2.75) is 12.2 Å². The lowest BCUT2D eigenvalue weighted by Crippen LogP contribution is -2.38. The van der Waals surface area contributed by atoms with E-state index in [4.69, 9.17) is 21.1 Å². The monoisotopic (exact) mass is 382 g/mol. The number of hydrogen-bond donors (Lipinski definition) is 1. The number of methoxy groups -OCH3 is 1. The highest BCUT2D eigenvalue weighted by Crippen LogP contribution is 2.32. The van der Waals surface area contributed by atoms with Gasteiger partial charge < -0.3 is 14.6 Å². The Balaban J connectivity index is 1.92. The minimum atomic E-state index is -1.92. The summed E-state index contributed by atoms with van der Waals surface area (Å²) in [7, 11) is 1.53. The van der Waals surface area contributed by atoms with Gasteiger partial charge in [0, 0.05) is 10.6 Å². The molecule has 0 saturated carbocycles. The maximum absolute atomic E-state index is 13.0. The predicted octanol–water partition coefficient (Wildman–Crippen LogP) is 4.33. The van der Waals surface area contributed by atoms with Crippen molar-refractivity contribution in [3.05, 3.63) is 101 Å². The first-order chi connectivity index (χ1) is 13.1. The van der Waals surface area contributed by atoms with Gasteiger partial charge in [-0.05, 0) is 29.3 Å². The normalized spacial score (nSPS) is 11.1.